The van der Waals surface area contributed by atoms with Crippen LogP contribution in [0.3, 0.4) is 0 Å². The van der Waals surface area contributed by atoms with Gasteiger partial charge in [0, 0.05) is 84.8 Å². The molecule has 1 fully saturated rings. The predicted octanol–water partition coefficient (Wildman–Crippen LogP) is 6.04. The largest absolute Gasteiger partial charge is 0.383 e. The fourth-order valence-electron chi connectivity index (χ4n) is 7.34. The van der Waals surface area contributed by atoms with Crippen molar-refractivity contribution < 1.29 is 14.0 Å². The van der Waals surface area contributed by atoms with Gasteiger partial charge in [0.05, 0.1) is 16.6 Å². The molecule has 292 valence electrons. The number of carbonyl (C=O) groups is 2. The molecule has 0 unspecified atom stereocenters. The zero-order valence-corrected chi connectivity index (χ0v) is 32.6. The molecule has 1 aliphatic heterocycles. The molecule has 7 rings (SSSR count). The lowest BCUT2D eigenvalue weighted by Crippen LogP contribution is -2.49. The molecule has 12 nitrogen and oxygen atoms in total. The Bertz CT molecular complexity index is 2610. The van der Waals surface area contributed by atoms with Gasteiger partial charge in [-0.15, -0.1) is 0 Å². The minimum Gasteiger partial charge on any atom is -0.383 e. The molecule has 4 heterocycles. The molecule has 6 aromatic rings. The number of halogens is 1. The first-order chi connectivity index (χ1) is 27.4. The summed E-state index contributed by atoms with van der Waals surface area (Å²) in [6.45, 7) is 11.5. The number of H-pyrrole nitrogens is 2. The molecule has 0 saturated carbocycles. The van der Waals surface area contributed by atoms with Gasteiger partial charge in [-0.3, -0.25) is 19.2 Å². The zero-order valence-electron chi connectivity index (χ0n) is 32.6. The molecule has 3 aromatic heterocycles. The molecule has 0 spiro atoms. The molecule has 0 bridgehead atoms. The first-order valence-corrected chi connectivity index (χ1v) is 19.0. The number of aromatic amines is 2. The van der Waals surface area contributed by atoms with Crippen molar-refractivity contribution in [1.82, 2.24) is 30.4 Å². The van der Waals surface area contributed by atoms with Gasteiger partial charge in [0.2, 0.25) is 0 Å². The van der Waals surface area contributed by atoms with Crippen LogP contribution in [-0.2, 0) is 13.0 Å². The van der Waals surface area contributed by atoms with Crippen molar-refractivity contribution in [3.63, 3.8) is 0 Å². The number of aromatic nitrogens is 4. The second-order valence-electron chi connectivity index (χ2n) is 14.8. The monoisotopic (exact) mass is 768 g/mol. The van der Waals surface area contributed by atoms with Crippen LogP contribution in [0.15, 0.2) is 88.6 Å². The first-order valence-electron chi connectivity index (χ1n) is 19.0. The highest BCUT2D eigenvalue weighted by Crippen LogP contribution is 2.30. The molecule has 1 saturated heterocycles. The predicted molar refractivity (Wildman–Crippen MR) is 221 cm³/mol. The maximum Gasteiger partial charge on any atom is 0.272 e. The summed E-state index contributed by atoms with van der Waals surface area (Å²) in [6.07, 6.45) is 2.09. The molecule has 1 aliphatic rings. The van der Waals surface area contributed by atoms with E-state index in [1.807, 2.05) is 77.1 Å². The lowest BCUT2D eigenvalue weighted by Gasteiger charge is -2.35. The van der Waals surface area contributed by atoms with Gasteiger partial charge in [0.15, 0.2) is 0 Å². The Morgan fingerprint density at radius 1 is 0.860 bits per heavy atom. The summed E-state index contributed by atoms with van der Waals surface area (Å²) in [6, 6.07) is 21.4. The van der Waals surface area contributed by atoms with Crippen molar-refractivity contribution in [1.29, 1.82) is 0 Å². The third-order valence-corrected chi connectivity index (χ3v) is 10.4. The lowest BCUT2D eigenvalue weighted by molar-refractivity contribution is 0.0741. The van der Waals surface area contributed by atoms with E-state index in [0.717, 1.165) is 39.5 Å². The van der Waals surface area contributed by atoms with E-state index in [1.165, 1.54) is 6.07 Å². The van der Waals surface area contributed by atoms with Gasteiger partial charge in [-0.25, -0.2) is 14.5 Å². The summed E-state index contributed by atoms with van der Waals surface area (Å²) in [7, 11) is 0. The number of fused-ring (bicyclic) bond motifs is 1. The number of rotatable bonds is 10. The van der Waals surface area contributed by atoms with E-state index in [-0.39, 0.29) is 41.1 Å². The Morgan fingerprint density at radius 3 is 2.32 bits per heavy atom. The summed E-state index contributed by atoms with van der Waals surface area (Å²) in [4.78, 5) is 63.4. The van der Waals surface area contributed by atoms with Crippen LogP contribution in [0.25, 0.3) is 21.9 Å². The average molecular weight is 769 g/mol. The van der Waals surface area contributed by atoms with Crippen molar-refractivity contribution in [3.8, 4) is 11.1 Å². The smallest absolute Gasteiger partial charge is 0.272 e. The average Bonchev–Trinajstić information content (AvgIpc) is 3.19. The van der Waals surface area contributed by atoms with E-state index in [2.05, 4.69) is 30.7 Å². The number of benzene rings is 3. The van der Waals surface area contributed by atoms with Crippen LogP contribution in [0.1, 0.15) is 68.2 Å². The van der Waals surface area contributed by atoms with Crippen LogP contribution in [-0.4, -0.2) is 69.1 Å². The van der Waals surface area contributed by atoms with Crippen LogP contribution in [0.5, 0.6) is 0 Å². The van der Waals surface area contributed by atoms with Gasteiger partial charge in [-0.2, -0.15) is 5.10 Å². The highest BCUT2D eigenvalue weighted by molar-refractivity contribution is 5.99. The second kappa shape index (κ2) is 16.2. The van der Waals surface area contributed by atoms with E-state index in [0.29, 0.717) is 65.8 Å². The van der Waals surface area contributed by atoms with Crippen molar-refractivity contribution in [2.24, 2.45) is 0 Å². The van der Waals surface area contributed by atoms with Gasteiger partial charge in [-0.05, 0) is 105 Å². The van der Waals surface area contributed by atoms with E-state index < -0.39 is 5.82 Å². The van der Waals surface area contributed by atoms with Gasteiger partial charge in [0.25, 0.3) is 22.9 Å². The topological polar surface area (TPSA) is 156 Å². The van der Waals surface area contributed by atoms with Crippen molar-refractivity contribution >= 4 is 34.1 Å². The molecule has 13 heteroatoms. The Morgan fingerprint density at radius 2 is 1.61 bits per heavy atom. The third kappa shape index (κ3) is 8.32. The number of pyridine rings is 2. The fraction of sp³-hybridized carbons (Fsp3) is 0.273. The highest BCUT2D eigenvalue weighted by atomic mass is 19.1. The quantitative estimate of drug-likeness (QED) is 0.132. The SMILES string of the molecule is Cc1cc(C)c(CNC(=O)c2cc(-c3ccc(N4CCN(C(=O)c5cc(Cc6n[nH]c(=O)c7ccccc67)ccc5F)CC4)nc3)cc(NC(C)C)c2C)c(=O)[nH]1. The minimum absolute atomic E-state index is 0.00597. The molecule has 3 aromatic carbocycles. The van der Waals surface area contributed by atoms with Crippen molar-refractivity contribution in [3.05, 3.63) is 150 Å². The van der Waals surface area contributed by atoms with Crippen LogP contribution < -0.4 is 26.7 Å². The van der Waals surface area contributed by atoms with Crippen LogP contribution in [0.2, 0.25) is 0 Å². The second-order valence-corrected chi connectivity index (χ2v) is 14.8. The van der Waals surface area contributed by atoms with Crippen LogP contribution in [0, 0.1) is 26.6 Å². The number of amides is 2. The summed E-state index contributed by atoms with van der Waals surface area (Å²) in [5.74, 6) is -0.530. The summed E-state index contributed by atoms with van der Waals surface area (Å²) in [5, 5.41) is 14.4. The van der Waals surface area contributed by atoms with Gasteiger partial charge in [0.1, 0.15) is 11.6 Å². The number of carbonyl (C=O) groups excluding carboxylic acids is 2. The number of hydrogen-bond donors (Lipinski definition) is 4. The molecule has 57 heavy (non-hydrogen) atoms. The van der Waals surface area contributed by atoms with E-state index in [9.17, 15) is 19.2 Å². The molecule has 4 N–H and O–H groups in total. The molecular weight excluding hydrogens is 724 g/mol. The van der Waals surface area contributed by atoms with Gasteiger partial charge < -0.3 is 25.4 Å². The summed E-state index contributed by atoms with van der Waals surface area (Å²) >= 11 is 0. The normalized spacial score (nSPS) is 13.0. The highest BCUT2D eigenvalue weighted by Gasteiger charge is 2.26. The van der Waals surface area contributed by atoms with Crippen molar-refractivity contribution in [2.75, 3.05) is 36.4 Å². The molecule has 0 atom stereocenters. The number of nitrogens with zero attached hydrogens (tertiary/aromatic N) is 4. The maximum atomic E-state index is 15.1. The summed E-state index contributed by atoms with van der Waals surface area (Å²) < 4.78 is 15.1. The first kappa shape index (κ1) is 38.6. The van der Waals surface area contributed by atoms with E-state index >= 15 is 4.39 Å². The molecule has 0 aliphatic carbocycles. The standard InChI is InChI=1S/C44H45FN8O4/c1-25(2)48-38-22-31(21-34(28(38)5)41(54)47-24-36-26(3)18-27(4)49-42(36)55)30-11-13-40(46-23-30)52-14-16-53(17-15-52)44(57)35-19-29(10-12-37(35)45)20-39-32-8-6-7-9-33(32)43(56)51-50-39/h6-13,18-19,21-23,25,48H,14-17,20,24H2,1-5H3,(H,47,54)(H,49,55)(H,51,56). The van der Waals surface area contributed by atoms with Crippen LogP contribution >= 0.6 is 0 Å². The number of aryl methyl sites for hydroxylation is 2. The van der Waals surface area contributed by atoms with Gasteiger partial charge >= 0.3 is 0 Å². The third-order valence-electron chi connectivity index (χ3n) is 10.4. The lowest BCUT2D eigenvalue weighted by atomic mass is 9.97. The Kier molecular flexibility index (Phi) is 11.0. The summed E-state index contributed by atoms with van der Waals surface area (Å²) in [5.41, 5.74) is 6.66. The zero-order chi connectivity index (χ0) is 40.4. The molecular formula is C44H45FN8O4. The molecule has 2 amide bonds. The van der Waals surface area contributed by atoms with E-state index in [4.69, 9.17) is 4.98 Å². The Balaban J connectivity index is 1.03. The van der Waals surface area contributed by atoms with E-state index in [1.54, 1.807) is 35.4 Å². The maximum absolute atomic E-state index is 15.1. The minimum atomic E-state index is -0.595. The number of nitrogens with one attached hydrogen (secondary N) is 4. The van der Waals surface area contributed by atoms with Gasteiger partial charge in [-0.1, -0.05) is 24.3 Å². The number of piperazine rings is 1. The Labute approximate surface area is 329 Å². The number of anilines is 2. The van der Waals surface area contributed by atoms with Crippen LogP contribution in [0.4, 0.5) is 15.9 Å². The van der Waals surface area contributed by atoms with Crippen molar-refractivity contribution in [2.45, 2.75) is 53.6 Å². The Hall–Kier alpha value is -6.63. The fourth-order valence-corrected chi connectivity index (χ4v) is 7.34. The molecule has 0 radical (unpaired) electrons. The number of hydrogen-bond acceptors (Lipinski definition) is 8.